The second kappa shape index (κ2) is 6.56. The zero-order valence-electron chi connectivity index (χ0n) is 9.06. The first kappa shape index (κ1) is 15.5. The lowest BCUT2D eigenvalue weighted by Gasteiger charge is -2.11. The van der Waals surface area contributed by atoms with Crippen LogP contribution in [0, 0.1) is 0 Å². The summed E-state index contributed by atoms with van der Waals surface area (Å²) >= 11 is 6.28. The average molecular weight is 390 g/mol. The molecule has 7 heteroatoms. The minimum atomic E-state index is -4.73. The van der Waals surface area contributed by atoms with E-state index in [1.165, 1.54) is 12.1 Å². The fraction of sp³-hybridized carbons (Fsp3) is 0.364. The van der Waals surface area contributed by atoms with Crippen molar-refractivity contribution in [1.82, 2.24) is 0 Å². The van der Waals surface area contributed by atoms with Gasteiger partial charge in [-0.25, -0.2) is 0 Å². The third kappa shape index (κ3) is 4.61. The third-order valence-corrected chi connectivity index (χ3v) is 3.08. The first-order valence-electron chi connectivity index (χ1n) is 4.91. The minimum absolute atomic E-state index is 0.125. The SMILES string of the molecule is O=C(CCBr)c1ccc(OC(F)(F)F)cc1CBr. The number of alkyl halides is 5. The molecule has 1 rings (SSSR count). The molecule has 0 radical (unpaired) electrons. The van der Waals surface area contributed by atoms with Crippen molar-refractivity contribution in [3.8, 4) is 5.75 Å². The summed E-state index contributed by atoms with van der Waals surface area (Å²) in [7, 11) is 0. The molecule has 0 fully saturated rings. The van der Waals surface area contributed by atoms with Gasteiger partial charge in [0.2, 0.25) is 0 Å². The molecular formula is C11H9Br2F3O2. The van der Waals surface area contributed by atoms with Crippen LogP contribution in [0.3, 0.4) is 0 Å². The molecule has 0 bridgehead atoms. The van der Waals surface area contributed by atoms with E-state index < -0.39 is 6.36 Å². The monoisotopic (exact) mass is 388 g/mol. The number of ketones is 1. The quantitative estimate of drug-likeness (QED) is 0.549. The predicted molar refractivity (Wildman–Crippen MR) is 68.5 cm³/mol. The highest BCUT2D eigenvalue weighted by molar-refractivity contribution is 9.09. The van der Waals surface area contributed by atoms with Gasteiger partial charge in [0.25, 0.3) is 0 Å². The maximum atomic E-state index is 12.0. The summed E-state index contributed by atoms with van der Waals surface area (Å²) in [5.41, 5.74) is 0.878. The van der Waals surface area contributed by atoms with Gasteiger partial charge in [-0.05, 0) is 23.8 Å². The highest BCUT2D eigenvalue weighted by atomic mass is 79.9. The molecule has 0 spiro atoms. The normalized spacial score (nSPS) is 11.4. The Balaban J connectivity index is 3.00. The molecule has 0 aliphatic heterocycles. The second-order valence-electron chi connectivity index (χ2n) is 3.36. The van der Waals surface area contributed by atoms with Crippen molar-refractivity contribution >= 4 is 37.6 Å². The number of rotatable bonds is 5. The molecule has 0 aliphatic rings. The van der Waals surface area contributed by atoms with Gasteiger partial charge in [-0.15, -0.1) is 13.2 Å². The molecule has 0 saturated heterocycles. The third-order valence-electron chi connectivity index (χ3n) is 2.08. The van der Waals surface area contributed by atoms with Crippen LogP contribution in [0.2, 0.25) is 0 Å². The molecule has 0 aliphatic carbocycles. The number of ether oxygens (including phenoxy) is 1. The van der Waals surface area contributed by atoms with Gasteiger partial charge in [0, 0.05) is 22.6 Å². The predicted octanol–water partition coefficient (Wildman–Crippen LogP) is 4.45. The molecule has 0 atom stereocenters. The molecule has 0 aromatic heterocycles. The summed E-state index contributed by atoms with van der Waals surface area (Å²) in [6, 6.07) is 3.70. The fourth-order valence-corrected chi connectivity index (χ4v) is 2.19. The summed E-state index contributed by atoms with van der Waals surface area (Å²) in [6.45, 7) is 0. The van der Waals surface area contributed by atoms with Gasteiger partial charge >= 0.3 is 6.36 Å². The van der Waals surface area contributed by atoms with Crippen LogP contribution in [-0.4, -0.2) is 17.5 Å². The van der Waals surface area contributed by atoms with Crippen LogP contribution < -0.4 is 4.74 Å². The van der Waals surface area contributed by atoms with Crippen LogP contribution in [0.5, 0.6) is 5.75 Å². The first-order chi connectivity index (χ1) is 8.37. The van der Waals surface area contributed by atoms with Crippen molar-refractivity contribution in [2.75, 3.05) is 5.33 Å². The highest BCUT2D eigenvalue weighted by Crippen LogP contribution is 2.26. The minimum Gasteiger partial charge on any atom is -0.406 e. The van der Waals surface area contributed by atoms with Gasteiger partial charge < -0.3 is 4.74 Å². The molecule has 0 heterocycles. The number of Topliss-reactive ketones (excluding diaryl/α,β-unsaturated/α-hetero) is 1. The Morgan fingerprint density at radius 2 is 1.94 bits per heavy atom. The number of carbonyl (C=O) groups is 1. The van der Waals surface area contributed by atoms with E-state index in [2.05, 4.69) is 36.6 Å². The Morgan fingerprint density at radius 3 is 2.44 bits per heavy atom. The molecule has 100 valence electrons. The molecule has 0 unspecified atom stereocenters. The van der Waals surface area contributed by atoms with Gasteiger partial charge in [0.05, 0.1) is 0 Å². The Hall–Kier alpha value is -0.560. The van der Waals surface area contributed by atoms with Crippen molar-refractivity contribution in [2.45, 2.75) is 18.1 Å². The molecule has 0 saturated carbocycles. The van der Waals surface area contributed by atoms with Gasteiger partial charge in [-0.1, -0.05) is 31.9 Å². The smallest absolute Gasteiger partial charge is 0.406 e. The van der Waals surface area contributed by atoms with E-state index in [-0.39, 0.29) is 16.9 Å². The van der Waals surface area contributed by atoms with Crippen molar-refractivity contribution in [3.05, 3.63) is 29.3 Å². The Morgan fingerprint density at radius 1 is 1.28 bits per heavy atom. The number of halogens is 5. The Labute approximate surface area is 119 Å². The van der Waals surface area contributed by atoms with Gasteiger partial charge in [0.15, 0.2) is 5.78 Å². The van der Waals surface area contributed by atoms with Crippen LogP contribution in [0.4, 0.5) is 13.2 Å². The summed E-state index contributed by atoms with van der Waals surface area (Å²) in [5.74, 6) is -0.452. The van der Waals surface area contributed by atoms with Crippen LogP contribution in [0.25, 0.3) is 0 Å². The summed E-state index contributed by atoms with van der Waals surface area (Å²) in [6.07, 6.45) is -4.44. The zero-order chi connectivity index (χ0) is 13.8. The van der Waals surface area contributed by atoms with Crippen LogP contribution >= 0.6 is 31.9 Å². The molecule has 0 amide bonds. The lowest BCUT2D eigenvalue weighted by atomic mass is 10.0. The standard InChI is InChI=1S/C11H9Br2F3O2/c12-4-3-10(17)9-2-1-8(5-7(9)6-13)18-11(14,15)16/h1-2,5H,3-4,6H2. The fourth-order valence-electron chi connectivity index (χ4n) is 1.37. The maximum absolute atomic E-state index is 12.0. The summed E-state index contributed by atoms with van der Waals surface area (Å²) in [4.78, 5) is 11.7. The van der Waals surface area contributed by atoms with Gasteiger partial charge in [-0.2, -0.15) is 0 Å². The molecular weight excluding hydrogens is 381 g/mol. The van der Waals surface area contributed by atoms with E-state index in [0.717, 1.165) is 6.07 Å². The largest absolute Gasteiger partial charge is 0.573 e. The summed E-state index contributed by atoms with van der Waals surface area (Å²) in [5, 5.41) is 0.791. The van der Waals surface area contributed by atoms with E-state index in [4.69, 9.17) is 0 Å². The first-order valence-corrected chi connectivity index (χ1v) is 7.15. The molecule has 2 nitrogen and oxygen atoms in total. The molecule has 1 aromatic rings. The van der Waals surface area contributed by atoms with E-state index >= 15 is 0 Å². The Kier molecular flexibility index (Phi) is 5.65. The number of carbonyl (C=O) groups excluding carboxylic acids is 1. The lowest BCUT2D eigenvalue weighted by Crippen LogP contribution is -2.17. The second-order valence-corrected chi connectivity index (χ2v) is 4.72. The van der Waals surface area contributed by atoms with Gasteiger partial charge in [-0.3, -0.25) is 4.79 Å². The van der Waals surface area contributed by atoms with Crippen LogP contribution in [0.1, 0.15) is 22.3 Å². The summed E-state index contributed by atoms with van der Waals surface area (Å²) < 4.78 is 39.9. The zero-order valence-corrected chi connectivity index (χ0v) is 12.2. The Bertz CT molecular complexity index is 433. The highest BCUT2D eigenvalue weighted by Gasteiger charge is 2.31. The average Bonchev–Trinajstić information content (AvgIpc) is 2.27. The lowest BCUT2D eigenvalue weighted by molar-refractivity contribution is -0.274. The van der Waals surface area contributed by atoms with E-state index in [9.17, 15) is 18.0 Å². The van der Waals surface area contributed by atoms with Crippen LogP contribution in [0.15, 0.2) is 18.2 Å². The van der Waals surface area contributed by atoms with Crippen molar-refractivity contribution in [2.24, 2.45) is 0 Å². The van der Waals surface area contributed by atoms with Crippen LogP contribution in [-0.2, 0) is 5.33 Å². The van der Waals surface area contributed by atoms with E-state index in [0.29, 0.717) is 22.9 Å². The number of benzene rings is 1. The van der Waals surface area contributed by atoms with Crippen molar-refractivity contribution < 1.29 is 22.7 Å². The maximum Gasteiger partial charge on any atom is 0.573 e. The molecule has 18 heavy (non-hydrogen) atoms. The molecule has 1 aromatic carbocycles. The number of hydrogen-bond acceptors (Lipinski definition) is 2. The van der Waals surface area contributed by atoms with E-state index in [1.54, 1.807) is 0 Å². The van der Waals surface area contributed by atoms with E-state index in [1.807, 2.05) is 0 Å². The molecule has 0 N–H and O–H groups in total. The van der Waals surface area contributed by atoms with Gasteiger partial charge in [0.1, 0.15) is 5.75 Å². The van der Waals surface area contributed by atoms with Crippen molar-refractivity contribution in [1.29, 1.82) is 0 Å². The van der Waals surface area contributed by atoms with Crippen molar-refractivity contribution in [3.63, 3.8) is 0 Å². The topological polar surface area (TPSA) is 26.3 Å². The number of hydrogen-bond donors (Lipinski definition) is 0.